The number of nitrogens with one attached hydrogen (secondary N) is 1. The summed E-state index contributed by atoms with van der Waals surface area (Å²) in [6.45, 7) is 11.9. The van der Waals surface area contributed by atoms with Crippen molar-refractivity contribution in [2.75, 3.05) is 6.54 Å². The molecule has 118 valence electrons. The van der Waals surface area contributed by atoms with Crippen molar-refractivity contribution in [3.63, 3.8) is 0 Å². The fraction of sp³-hybridized carbons (Fsp3) is 0.588. The van der Waals surface area contributed by atoms with Gasteiger partial charge in [-0.25, -0.2) is 4.79 Å². The number of benzene rings is 1. The van der Waals surface area contributed by atoms with Crippen LogP contribution in [0.1, 0.15) is 43.9 Å². The summed E-state index contributed by atoms with van der Waals surface area (Å²) < 4.78 is 5.66. The van der Waals surface area contributed by atoms with Crippen molar-refractivity contribution in [1.82, 2.24) is 5.32 Å². The van der Waals surface area contributed by atoms with Crippen molar-refractivity contribution in [2.24, 2.45) is 5.92 Å². The summed E-state index contributed by atoms with van der Waals surface area (Å²) in [4.78, 5) is 11.1. The topological polar surface area (TPSA) is 58.6 Å². The number of hydrogen-bond donors (Lipinski definition) is 2. The van der Waals surface area contributed by atoms with E-state index in [0.717, 1.165) is 24.2 Å². The van der Waals surface area contributed by atoms with E-state index in [-0.39, 0.29) is 0 Å². The van der Waals surface area contributed by atoms with E-state index in [4.69, 9.17) is 9.84 Å². The van der Waals surface area contributed by atoms with E-state index in [1.807, 2.05) is 20.8 Å². The third-order valence-corrected chi connectivity index (χ3v) is 3.31. The standard InChI is InChI=1S/C17H27NO3/c1-6-15(17(19)20)21-16-12(4)7-14(8-13(16)5)10-18-9-11(2)3/h7-8,11,15,18H,6,9-10H2,1-5H3,(H,19,20). The molecular weight excluding hydrogens is 266 g/mol. The van der Waals surface area contributed by atoms with E-state index in [0.29, 0.717) is 18.1 Å². The Morgan fingerprint density at radius 3 is 2.29 bits per heavy atom. The summed E-state index contributed by atoms with van der Waals surface area (Å²) in [6, 6.07) is 4.12. The molecule has 0 bridgehead atoms. The van der Waals surface area contributed by atoms with Crippen molar-refractivity contribution >= 4 is 5.97 Å². The van der Waals surface area contributed by atoms with Gasteiger partial charge in [-0.15, -0.1) is 0 Å². The molecule has 21 heavy (non-hydrogen) atoms. The Bertz CT molecular complexity index is 460. The van der Waals surface area contributed by atoms with Gasteiger partial charge in [0.05, 0.1) is 0 Å². The number of rotatable bonds is 8. The molecule has 4 heteroatoms. The Hall–Kier alpha value is -1.55. The van der Waals surface area contributed by atoms with Crippen LogP contribution in [-0.2, 0) is 11.3 Å². The molecule has 0 saturated carbocycles. The Morgan fingerprint density at radius 2 is 1.86 bits per heavy atom. The minimum absolute atomic E-state index is 0.450. The third-order valence-electron chi connectivity index (χ3n) is 3.31. The average molecular weight is 293 g/mol. The van der Waals surface area contributed by atoms with Crippen molar-refractivity contribution < 1.29 is 14.6 Å². The summed E-state index contributed by atoms with van der Waals surface area (Å²) in [6.07, 6.45) is -0.335. The van der Waals surface area contributed by atoms with Crippen LogP contribution in [0.3, 0.4) is 0 Å². The first-order valence-corrected chi connectivity index (χ1v) is 7.55. The van der Waals surface area contributed by atoms with Gasteiger partial charge in [0, 0.05) is 6.54 Å². The molecular formula is C17H27NO3. The minimum Gasteiger partial charge on any atom is -0.479 e. The molecule has 0 aliphatic rings. The number of ether oxygens (including phenoxy) is 1. The summed E-state index contributed by atoms with van der Waals surface area (Å²) in [7, 11) is 0. The molecule has 4 nitrogen and oxygen atoms in total. The van der Waals surface area contributed by atoms with Crippen molar-refractivity contribution in [3.8, 4) is 5.75 Å². The summed E-state index contributed by atoms with van der Waals surface area (Å²) in [5, 5.41) is 12.5. The molecule has 1 atom stereocenters. The van der Waals surface area contributed by atoms with Gasteiger partial charge in [0.15, 0.2) is 6.10 Å². The van der Waals surface area contributed by atoms with Gasteiger partial charge in [-0.05, 0) is 49.4 Å². The molecule has 1 aromatic carbocycles. The van der Waals surface area contributed by atoms with E-state index in [1.54, 1.807) is 0 Å². The van der Waals surface area contributed by atoms with Crippen LogP contribution in [0.2, 0.25) is 0 Å². The second-order valence-electron chi connectivity index (χ2n) is 5.94. The molecule has 0 aliphatic heterocycles. The van der Waals surface area contributed by atoms with Gasteiger partial charge in [0.2, 0.25) is 0 Å². The lowest BCUT2D eigenvalue weighted by atomic mass is 10.0. The lowest BCUT2D eigenvalue weighted by Gasteiger charge is -2.18. The molecule has 0 amide bonds. The lowest BCUT2D eigenvalue weighted by Crippen LogP contribution is -2.26. The van der Waals surface area contributed by atoms with Crippen LogP contribution in [0, 0.1) is 19.8 Å². The second-order valence-corrected chi connectivity index (χ2v) is 5.94. The number of carboxylic acid groups (broad SMARTS) is 1. The van der Waals surface area contributed by atoms with E-state index in [2.05, 4.69) is 31.3 Å². The molecule has 2 N–H and O–H groups in total. The highest BCUT2D eigenvalue weighted by molar-refractivity contribution is 5.72. The molecule has 0 aromatic heterocycles. The SMILES string of the molecule is CCC(Oc1c(C)cc(CNCC(C)C)cc1C)C(=O)O. The van der Waals surface area contributed by atoms with Crippen LogP contribution < -0.4 is 10.1 Å². The van der Waals surface area contributed by atoms with Crippen LogP contribution in [0.4, 0.5) is 0 Å². The molecule has 0 saturated heterocycles. The van der Waals surface area contributed by atoms with Gasteiger partial charge in [0.25, 0.3) is 0 Å². The van der Waals surface area contributed by atoms with Crippen LogP contribution >= 0.6 is 0 Å². The molecule has 0 aliphatic carbocycles. The first-order valence-electron chi connectivity index (χ1n) is 7.55. The van der Waals surface area contributed by atoms with Crippen LogP contribution in [-0.4, -0.2) is 23.7 Å². The van der Waals surface area contributed by atoms with Gasteiger partial charge < -0.3 is 15.2 Å². The van der Waals surface area contributed by atoms with Crippen LogP contribution in [0.5, 0.6) is 5.75 Å². The van der Waals surface area contributed by atoms with Gasteiger partial charge in [0.1, 0.15) is 5.75 Å². The number of carboxylic acids is 1. The highest BCUT2D eigenvalue weighted by atomic mass is 16.5. The molecule has 1 unspecified atom stereocenters. The number of aliphatic carboxylic acids is 1. The Balaban J connectivity index is 2.82. The van der Waals surface area contributed by atoms with Crippen LogP contribution in [0.25, 0.3) is 0 Å². The number of hydrogen-bond acceptors (Lipinski definition) is 3. The maximum absolute atomic E-state index is 11.1. The largest absolute Gasteiger partial charge is 0.479 e. The zero-order valence-electron chi connectivity index (χ0n) is 13.7. The maximum Gasteiger partial charge on any atom is 0.344 e. The molecule has 1 rings (SSSR count). The van der Waals surface area contributed by atoms with Crippen LogP contribution in [0.15, 0.2) is 12.1 Å². The van der Waals surface area contributed by atoms with Crippen molar-refractivity contribution in [2.45, 2.75) is 53.7 Å². The molecule has 0 radical (unpaired) electrons. The fourth-order valence-electron chi connectivity index (χ4n) is 2.28. The van der Waals surface area contributed by atoms with E-state index < -0.39 is 12.1 Å². The first kappa shape index (κ1) is 17.5. The molecule has 0 spiro atoms. The van der Waals surface area contributed by atoms with Gasteiger partial charge in [-0.2, -0.15) is 0 Å². The third kappa shape index (κ3) is 5.38. The quantitative estimate of drug-likeness (QED) is 0.772. The molecule has 0 heterocycles. The summed E-state index contributed by atoms with van der Waals surface area (Å²) >= 11 is 0. The highest BCUT2D eigenvalue weighted by Crippen LogP contribution is 2.26. The van der Waals surface area contributed by atoms with Crippen molar-refractivity contribution in [1.29, 1.82) is 0 Å². The zero-order valence-corrected chi connectivity index (χ0v) is 13.7. The first-order chi connectivity index (χ1) is 9.85. The summed E-state index contributed by atoms with van der Waals surface area (Å²) in [5.74, 6) is 0.395. The zero-order chi connectivity index (χ0) is 16.0. The molecule has 1 aromatic rings. The molecule has 0 fully saturated rings. The normalized spacial score (nSPS) is 12.5. The average Bonchev–Trinajstić information content (AvgIpc) is 2.37. The van der Waals surface area contributed by atoms with Gasteiger partial charge >= 0.3 is 5.97 Å². The Morgan fingerprint density at radius 1 is 1.29 bits per heavy atom. The van der Waals surface area contributed by atoms with E-state index in [9.17, 15) is 4.79 Å². The summed E-state index contributed by atoms with van der Waals surface area (Å²) in [5.41, 5.74) is 3.16. The number of aryl methyl sites for hydroxylation is 2. The Labute approximate surface area is 127 Å². The predicted molar refractivity (Wildman–Crippen MR) is 84.8 cm³/mol. The maximum atomic E-state index is 11.1. The van der Waals surface area contributed by atoms with Crippen molar-refractivity contribution in [3.05, 3.63) is 28.8 Å². The van der Waals surface area contributed by atoms with Gasteiger partial charge in [-0.3, -0.25) is 0 Å². The monoisotopic (exact) mass is 293 g/mol. The minimum atomic E-state index is -0.918. The van der Waals surface area contributed by atoms with E-state index in [1.165, 1.54) is 5.56 Å². The predicted octanol–water partition coefficient (Wildman–Crippen LogP) is 3.29. The smallest absolute Gasteiger partial charge is 0.344 e. The van der Waals surface area contributed by atoms with Gasteiger partial charge in [-0.1, -0.05) is 32.9 Å². The highest BCUT2D eigenvalue weighted by Gasteiger charge is 2.19. The lowest BCUT2D eigenvalue weighted by molar-refractivity contribution is -0.145. The Kier molecular flexibility index (Phi) is 6.69. The second kappa shape index (κ2) is 8.03. The van der Waals surface area contributed by atoms with E-state index >= 15 is 0 Å². The number of carbonyl (C=O) groups is 1. The fourth-order valence-corrected chi connectivity index (χ4v) is 2.28.